The molecule has 0 fully saturated rings. The molecule has 1 aliphatic rings. The van der Waals surface area contributed by atoms with Gasteiger partial charge in [-0.3, -0.25) is 9.59 Å². The van der Waals surface area contributed by atoms with Gasteiger partial charge in [0.15, 0.2) is 11.6 Å². The van der Waals surface area contributed by atoms with Crippen molar-refractivity contribution in [1.29, 1.82) is 0 Å². The second-order valence-electron chi connectivity index (χ2n) is 5.83. The number of hydrogen-bond acceptors (Lipinski definition) is 4. The van der Waals surface area contributed by atoms with Gasteiger partial charge >= 0.3 is 0 Å². The van der Waals surface area contributed by atoms with Gasteiger partial charge in [0.1, 0.15) is 6.10 Å². The SMILES string of the molecule is CC1=CC(=O)CC(CO)=CCC(C)(C)C(=O)C(O)C1. The lowest BCUT2D eigenvalue weighted by Gasteiger charge is -2.24. The summed E-state index contributed by atoms with van der Waals surface area (Å²) in [6.07, 6.45) is 2.85. The first-order valence-electron chi connectivity index (χ1n) is 6.47. The second kappa shape index (κ2) is 6.26. The number of aliphatic hydroxyl groups is 2. The highest BCUT2D eigenvalue weighted by molar-refractivity contribution is 5.93. The molecule has 0 spiro atoms. The van der Waals surface area contributed by atoms with Crippen LogP contribution in [0.2, 0.25) is 0 Å². The van der Waals surface area contributed by atoms with Gasteiger partial charge in [0.25, 0.3) is 0 Å². The Labute approximate surface area is 113 Å². The van der Waals surface area contributed by atoms with E-state index in [1.54, 1.807) is 26.8 Å². The monoisotopic (exact) mass is 266 g/mol. The molecule has 0 aromatic rings. The molecule has 19 heavy (non-hydrogen) atoms. The Morgan fingerprint density at radius 2 is 2.00 bits per heavy atom. The summed E-state index contributed by atoms with van der Waals surface area (Å²) in [5, 5.41) is 19.2. The molecule has 4 nitrogen and oxygen atoms in total. The molecule has 1 unspecified atom stereocenters. The van der Waals surface area contributed by atoms with Crippen LogP contribution < -0.4 is 0 Å². The van der Waals surface area contributed by atoms with E-state index in [4.69, 9.17) is 0 Å². The third-order valence-electron chi connectivity index (χ3n) is 3.40. The first kappa shape index (κ1) is 15.8. The zero-order chi connectivity index (χ0) is 14.6. The highest BCUT2D eigenvalue weighted by atomic mass is 16.3. The predicted molar refractivity (Wildman–Crippen MR) is 72.6 cm³/mol. The Kier molecular flexibility index (Phi) is 5.20. The van der Waals surface area contributed by atoms with Gasteiger partial charge in [-0.2, -0.15) is 0 Å². The number of aliphatic hydroxyl groups excluding tert-OH is 2. The van der Waals surface area contributed by atoms with Crippen LogP contribution in [0.1, 0.15) is 40.0 Å². The van der Waals surface area contributed by atoms with Crippen molar-refractivity contribution >= 4 is 11.6 Å². The van der Waals surface area contributed by atoms with Crippen LogP contribution in [0.4, 0.5) is 0 Å². The van der Waals surface area contributed by atoms with Gasteiger partial charge in [0.05, 0.1) is 6.61 Å². The second-order valence-corrected chi connectivity index (χ2v) is 5.83. The number of Topliss-reactive ketones (excluding diaryl/α,β-unsaturated/α-hetero) is 1. The van der Waals surface area contributed by atoms with E-state index in [0.29, 0.717) is 17.6 Å². The lowest BCUT2D eigenvalue weighted by Crippen LogP contribution is -2.34. The average Bonchev–Trinajstić information content (AvgIpc) is 2.32. The summed E-state index contributed by atoms with van der Waals surface area (Å²) in [7, 11) is 0. The topological polar surface area (TPSA) is 74.6 Å². The molecule has 0 aliphatic heterocycles. The van der Waals surface area contributed by atoms with E-state index < -0.39 is 11.5 Å². The highest BCUT2D eigenvalue weighted by Gasteiger charge is 2.32. The van der Waals surface area contributed by atoms with Gasteiger partial charge in [0, 0.05) is 18.3 Å². The Bertz CT molecular complexity index is 429. The lowest BCUT2D eigenvalue weighted by atomic mass is 9.80. The molecule has 106 valence electrons. The van der Waals surface area contributed by atoms with E-state index in [9.17, 15) is 19.8 Å². The summed E-state index contributed by atoms with van der Waals surface area (Å²) in [6.45, 7) is 5.07. The van der Waals surface area contributed by atoms with Gasteiger partial charge in [-0.15, -0.1) is 0 Å². The summed E-state index contributed by atoms with van der Waals surface area (Å²) in [5.41, 5.74) is 0.597. The van der Waals surface area contributed by atoms with Gasteiger partial charge in [-0.1, -0.05) is 25.5 Å². The van der Waals surface area contributed by atoms with Crippen LogP contribution in [0.3, 0.4) is 0 Å². The number of ketones is 2. The number of rotatable bonds is 1. The fourth-order valence-corrected chi connectivity index (χ4v) is 2.15. The van der Waals surface area contributed by atoms with E-state index >= 15 is 0 Å². The molecule has 0 radical (unpaired) electrons. The Morgan fingerprint density at radius 3 is 2.58 bits per heavy atom. The molecule has 4 heteroatoms. The fraction of sp³-hybridized carbons (Fsp3) is 0.600. The minimum atomic E-state index is -1.08. The van der Waals surface area contributed by atoms with Gasteiger partial charge in [0.2, 0.25) is 0 Å². The summed E-state index contributed by atoms with van der Waals surface area (Å²) in [6, 6.07) is 0. The molecule has 0 amide bonds. The summed E-state index contributed by atoms with van der Waals surface area (Å²) < 4.78 is 0. The van der Waals surface area contributed by atoms with Crippen LogP contribution in [0.25, 0.3) is 0 Å². The van der Waals surface area contributed by atoms with Crippen LogP contribution in [-0.2, 0) is 9.59 Å². The molecule has 1 aliphatic carbocycles. The van der Waals surface area contributed by atoms with Crippen LogP contribution in [0, 0.1) is 5.41 Å². The number of allylic oxidation sites excluding steroid dienone is 2. The molecule has 0 aromatic carbocycles. The number of hydrogen-bond donors (Lipinski definition) is 2. The molecule has 0 heterocycles. The molecule has 2 N–H and O–H groups in total. The zero-order valence-electron chi connectivity index (χ0n) is 11.8. The summed E-state index contributed by atoms with van der Waals surface area (Å²) >= 11 is 0. The maximum Gasteiger partial charge on any atom is 0.167 e. The molecule has 0 bridgehead atoms. The molecule has 1 atom stereocenters. The van der Waals surface area contributed by atoms with Crippen molar-refractivity contribution in [3.63, 3.8) is 0 Å². The Hall–Kier alpha value is -1.26. The number of carbonyl (C=O) groups excluding carboxylic acids is 2. The maximum atomic E-state index is 12.2. The summed E-state index contributed by atoms with van der Waals surface area (Å²) in [4.78, 5) is 23.9. The smallest absolute Gasteiger partial charge is 0.167 e. The summed E-state index contributed by atoms with van der Waals surface area (Å²) in [5.74, 6) is -0.347. The van der Waals surface area contributed by atoms with Gasteiger partial charge in [-0.25, -0.2) is 0 Å². The van der Waals surface area contributed by atoms with E-state index in [1.165, 1.54) is 6.08 Å². The molecule has 0 saturated carbocycles. The van der Waals surface area contributed by atoms with Crippen molar-refractivity contribution < 1.29 is 19.8 Å². The standard InChI is InChI=1S/C15H22O4/c1-10-6-12(17)8-11(9-16)4-5-15(2,3)14(19)13(18)7-10/h4,6,13,16,18H,5,7-9H2,1-3H3. The van der Waals surface area contributed by atoms with Gasteiger partial charge < -0.3 is 10.2 Å². The van der Waals surface area contributed by atoms with Crippen LogP contribution in [0.15, 0.2) is 23.3 Å². The first-order chi connectivity index (χ1) is 8.76. The van der Waals surface area contributed by atoms with Crippen LogP contribution in [-0.4, -0.2) is 34.5 Å². The Morgan fingerprint density at radius 1 is 1.37 bits per heavy atom. The largest absolute Gasteiger partial charge is 0.392 e. The molecule has 1 rings (SSSR count). The third kappa shape index (κ3) is 4.40. The normalized spacial score (nSPS) is 25.4. The quantitative estimate of drug-likeness (QED) is 0.706. The van der Waals surface area contributed by atoms with Crippen LogP contribution in [0.5, 0.6) is 0 Å². The highest BCUT2D eigenvalue weighted by Crippen LogP contribution is 2.27. The molecular formula is C15H22O4. The van der Waals surface area contributed by atoms with Crippen molar-refractivity contribution in [1.82, 2.24) is 0 Å². The first-order valence-corrected chi connectivity index (χ1v) is 6.47. The maximum absolute atomic E-state index is 12.2. The third-order valence-corrected chi connectivity index (χ3v) is 3.40. The Balaban J connectivity index is 3.11. The number of carbonyl (C=O) groups is 2. The molecular weight excluding hydrogens is 244 g/mol. The lowest BCUT2D eigenvalue weighted by molar-refractivity contribution is -0.135. The minimum absolute atomic E-state index is 0.114. The zero-order valence-corrected chi connectivity index (χ0v) is 11.8. The van der Waals surface area contributed by atoms with Crippen molar-refractivity contribution in [2.75, 3.05) is 6.61 Å². The predicted octanol–water partition coefficient (Wildman–Crippen LogP) is 1.56. The van der Waals surface area contributed by atoms with Crippen molar-refractivity contribution in [2.24, 2.45) is 5.41 Å². The van der Waals surface area contributed by atoms with Crippen molar-refractivity contribution in [3.8, 4) is 0 Å². The minimum Gasteiger partial charge on any atom is -0.392 e. The van der Waals surface area contributed by atoms with Gasteiger partial charge in [-0.05, 0) is 25.0 Å². The molecule has 0 aromatic heterocycles. The van der Waals surface area contributed by atoms with Crippen molar-refractivity contribution in [2.45, 2.75) is 46.1 Å². The van der Waals surface area contributed by atoms with E-state index in [-0.39, 0.29) is 31.0 Å². The molecule has 0 saturated heterocycles. The average molecular weight is 266 g/mol. The fourth-order valence-electron chi connectivity index (χ4n) is 2.15. The van der Waals surface area contributed by atoms with E-state index in [2.05, 4.69) is 0 Å². The van der Waals surface area contributed by atoms with Crippen molar-refractivity contribution in [3.05, 3.63) is 23.3 Å². The van der Waals surface area contributed by atoms with E-state index in [0.717, 1.165) is 0 Å². The van der Waals surface area contributed by atoms with E-state index in [1.807, 2.05) is 0 Å². The van der Waals surface area contributed by atoms with Crippen LogP contribution >= 0.6 is 0 Å².